The number of morpholine rings is 1. The van der Waals surface area contributed by atoms with Crippen molar-refractivity contribution in [3.05, 3.63) is 29.8 Å². The lowest BCUT2D eigenvalue weighted by Crippen LogP contribution is -2.46. The predicted octanol–water partition coefficient (Wildman–Crippen LogP) is 1.40. The number of thioether (sulfide) groups is 1. The molecule has 0 aliphatic carbocycles. The highest BCUT2D eigenvalue weighted by Crippen LogP contribution is 2.15. The Morgan fingerprint density at radius 3 is 2.85 bits per heavy atom. The molecule has 1 atom stereocenters. The molecule has 110 valence electrons. The topological polar surface area (TPSA) is 41.6 Å². The summed E-state index contributed by atoms with van der Waals surface area (Å²) in [4.78, 5) is 15.3. The molecule has 1 aromatic rings. The summed E-state index contributed by atoms with van der Waals surface area (Å²) < 4.78 is 5.62. The van der Waals surface area contributed by atoms with Gasteiger partial charge in [0, 0.05) is 24.5 Å². The Morgan fingerprint density at radius 2 is 2.20 bits per heavy atom. The van der Waals surface area contributed by atoms with Crippen molar-refractivity contribution in [3.63, 3.8) is 0 Å². The summed E-state index contributed by atoms with van der Waals surface area (Å²) in [5, 5.41) is 2.95. The number of nitrogens with one attached hydrogen (secondary N) is 1. The molecule has 1 aliphatic heterocycles. The number of ether oxygens (including phenoxy) is 1. The molecule has 1 N–H and O–H groups in total. The van der Waals surface area contributed by atoms with Crippen molar-refractivity contribution in [1.82, 2.24) is 10.2 Å². The third-order valence-electron chi connectivity index (χ3n) is 3.39. The Morgan fingerprint density at radius 1 is 1.45 bits per heavy atom. The van der Waals surface area contributed by atoms with Crippen LogP contribution in [-0.4, -0.2) is 56.5 Å². The van der Waals surface area contributed by atoms with Gasteiger partial charge in [-0.2, -0.15) is 0 Å². The van der Waals surface area contributed by atoms with Crippen LogP contribution in [0.15, 0.2) is 29.2 Å². The summed E-state index contributed by atoms with van der Waals surface area (Å²) in [7, 11) is 2.07. The van der Waals surface area contributed by atoms with Gasteiger partial charge in [0.25, 0.3) is 0 Å². The van der Waals surface area contributed by atoms with E-state index in [1.807, 2.05) is 30.5 Å². The summed E-state index contributed by atoms with van der Waals surface area (Å²) >= 11 is 1.70. The molecule has 0 saturated carbocycles. The molecule has 0 aromatic heterocycles. The Hall–Kier alpha value is -1.04. The minimum Gasteiger partial charge on any atom is -0.374 e. The van der Waals surface area contributed by atoms with Gasteiger partial charge in [0.1, 0.15) is 0 Å². The van der Waals surface area contributed by atoms with Crippen molar-refractivity contribution in [2.45, 2.75) is 17.4 Å². The van der Waals surface area contributed by atoms with Crippen molar-refractivity contribution in [3.8, 4) is 0 Å². The van der Waals surface area contributed by atoms with Crippen LogP contribution in [0.5, 0.6) is 0 Å². The predicted molar refractivity (Wildman–Crippen MR) is 82.2 cm³/mol. The molecule has 0 radical (unpaired) electrons. The molecule has 20 heavy (non-hydrogen) atoms. The molecular weight excluding hydrogens is 272 g/mol. The van der Waals surface area contributed by atoms with Crippen LogP contribution in [0.4, 0.5) is 0 Å². The number of rotatable bonds is 5. The Kier molecular flexibility index (Phi) is 5.88. The molecular formula is C15H22N2O2S. The number of hydrogen-bond acceptors (Lipinski definition) is 4. The van der Waals surface area contributed by atoms with Gasteiger partial charge in [-0.15, -0.1) is 11.8 Å². The normalized spacial score (nSPS) is 19.8. The summed E-state index contributed by atoms with van der Waals surface area (Å²) in [5.74, 6) is 0.0544. The highest BCUT2D eigenvalue weighted by atomic mass is 32.2. The first-order chi connectivity index (χ1) is 9.67. The Balaban J connectivity index is 1.74. The second-order valence-electron chi connectivity index (χ2n) is 5.08. The van der Waals surface area contributed by atoms with Crippen LogP contribution in [0.3, 0.4) is 0 Å². The van der Waals surface area contributed by atoms with Gasteiger partial charge < -0.3 is 15.0 Å². The molecule has 0 bridgehead atoms. The molecule has 1 aliphatic rings. The van der Waals surface area contributed by atoms with Gasteiger partial charge in [0.15, 0.2) is 0 Å². The smallest absolute Gasteiger partial charge is 0.224 e. The molecule has 1 amide bonds. The van der Waals surface area contributed by atoms with E-state index in [1.165, 1.54) is 4.90 Å². The fourth-order valence-corrected chi connectivity index (χ4v) is 2.62. The average Bonchev–Trinajstić information content (AvgIpc) is 2.46. The van der Waals surface area contributed by atoms with Gasteiger partial charge >= 0.3 is 0 Å². The quantitative estimate of drug-likeness (QED) is 0.834. The fraction of sp³-hybridized carbons (Fsp3) is 0.533. The van der Waals surface area contributed by atoms with E-state index >= 15 is 0 Å². The first-order valence-corrected chi connectivity index (χ1v) is 8.09. The van der Waals surface area contributed by atoms with Crippen LogP contribution in [0.25, 0.3) is 0 Å². The van der Waals surface area contributed by atoms with Gasteiger partial charge in [0.05, 0.1) is 19.1 Å². The van der Waals surface area contributed by atoms with E-state index in [0.29, 0.717) is 13.0 Å². The number of carbonyl (C=O) groups is 1. The maximum Gasteiger partial charge on any atom is 0.224 e. The molecule has 1 aromatic carbocycles. The van der Waals surface area contributed by atoms with E-state index in [-0.39, 0.29) is 12.0 Å². The number of nitrogens with zero attached hydrogens (tertiary/aromatic N) is 1. The second kappa shape index (κ2) is 7.67. The first kappa shape index (κ1) is 15.4. The molecule has 0 spiro atoms. The van der Waals surface area contributed by atoms with E-state index < -0.39 is 0 Å². The Labute approximate surface area is 124 Å². The van der Waals surface area contributed by atoms with Crippen LogP contribution in [0.1, 0.15) is 5.56 Å². The van der Waals surface area contributed by atoms with Gasteiger partial charge in [0.2, 0.25) is 5.91 Å². The summed E-state index contributed by atoms with van der Waals surface area (Å²) in [5.41, 5.74) is 1.04. The molecule has 1 heterocycles. The lowest BCUT2D eigenvalue weighted by Gasteiger charge is -2.30. The largest absolute Gasteiger partial charge is 0.374 e. The van der Waals surface area contributed by atoms with Crippen molar-refractivity contribution < 1.29 is 9.53 Å². The van der Waals surface area contributed by atoms with Gasteiger partial charge in [-0.05, 0) is 31.0 Å². The van der Waals surface area contributed by atoms with E-state index in [4.69, 9.17) is 4.74 Å². The number of amides is 1. The van der Waals surface area contributed by atoms with Crippen molar-refractivity contribution in [2.75, 3.05) is 39.5 Å². The van der Waals surface area contributed by atoms with E-state index in [9.17, 15) is 4.79 Å². The lowest BCUT2D eigenvalue weighted by molar-refractivity contribution is -0.121. The molecule has 1 saturated heterocycles. The zero-order valence-electron chi connectivity index (χ0n) is 12.1. The molecule has 1 fully saturated rings. The second-order valence-corrected chi connectivity index (χ2v) is 5.96. The van der Waals surface area contributed by atoms with Gasteiger partial charge in [-0.3, -0.25) is 4.79 Å². The third-order valence-corrected chi connectivity index (χ3v) is 4.14. The number of hydrogen-bond donors (Lipinski definition) is 1. The number of likely N-dealkylation sites (N-methyl/N-ethyl adjacent to an activating group) is 1. The van der Waals surface area contributed by atoms with Crippen LogP contribution in [0, 0.1) is 0 Å². The van der Waals surface area contributed by atoms with E-state index in [2.05, 4.69) is 17.3 Å². The lowest BCUT2D eigenvalue weighted by atomic mass is 10.1. The van der Waals surface area contributed by atoms with Gasteiger partial charge in [-0.25, -0.2) is 0 Å². The molecule has 2 rings (SSSR count). The average molecular weight is 294 g/mol. The minimum atomic E-state index is 0.0544. The monoisotopic (exact) mass is 294 g/mol. The van der Waals surface area contributed by atoms with Crippen molar-refractivity contribution in [1.29, 1.82) is 0 Å². The first-order valence-electron chi connectivity index (χ1n) is 6.87. The van der Waals surface area contributed by atoms with Crippen LogP contribution in [-0.2, 0) is 16.0 Å². The highest BCUT2D eigenvalue weighted by molar-refractivity contribution is 7.98. The summed E-state index contributed by atoms with van der Waals surface area (Å²) in [6, 6.07) is 8.12. The summed E-state index contributed by atoms with van der Waals surface area (Å²) in [6.07, 6.45) is 2.58. The zero-order valence-corrected chi connectivity index (χ0v) is 12.9. The minimum absolute atomic E-state index is 0.0544. The third kappa shape index (κ3) is 4.81. The standard InChI is InChI=1S/C15H22N2O2S/c1-17-7-8-19-13(11-17)10-16-15(18)9-12-3-5-14(20-2)6-4-12/h3-6,13H,7-11H2,1-2H3,(H,16,18)/t13-/m1/s1. The fourth-order valence-electron chi connectivity index (χ4n) is 2.21. The number of carbonyl (C=O) groups excluding carboxylic acids is 1. The van der Waals surface area contributed by atoms with Crippen LogP contribution in [0.2, 0.25) is 0 Å². The van der Waals surface area contributed by atoms with Crippen molar-refractivity contribution >= 4 is 17.7 Å². The molecule has 5 heteroatoms. The zero-order chi connectivity index (χ0) is 14.4. The molecule has 4 nitrogen and oxygen atoms in total. The number of benzene rings is 1. The van der Waals surface area contributed by atoms with Crippen LogP contribution < -0.4 is 5.32 Å². The summed E-state index contributed by atoms with van der Waals surface area (Å²) in [6.45, 7) is 3.17. The SMILES string of the molecule is CSc1ccc(CC(=O)NC[C@@H]2CN(C)CCO2)cc1. The van der Waals surface area contributed by atoms with E-state index in [0.717, 1.165) is 25.3 Å². The van der Waals surface area contributed by atoms with Crippen LogP contribution >= 0.6 is 11.8 Å². The maximum atomic E-state index is 11.9. The van der Waals surface area contributed by atoms with E-state index in [1.54, 1.807) is 11.8 Å². The van der Waals surface area contributed by atoms with Crippen molar-refractivity contribution in [2.24, 2.45) is 0 Å². The van der Waals surface area contributed by atoms with Gasteiger partial charge in [-0.1, -0.05) is 12.1 Å². The maximum absolute atomic E-state index is 11.9. The molecule has 0 unspecified atom stereocenters. The highest BCUT2D eigenvalue weighted by Gasteiger charge is 2.18. The Bertz CT molecular complexity index is 436.